The van der Waals surface area contributed by atoms with Crippen molar-refractivity contribution in [3.8, 4) is 46.0 Å². The number of rotatable bonds is 5. The van der Waals surface area contributed by atoms with Crippen molar-refractivity contribution < 1.29 is 39.4 Å². The first-order valence-corrected chi connectivity index (χ1v) is 15.6. The normalized spacial score (nSPS) is 19.1. The average Bonchev–Trinajstić information content (AvgIpc) is 3.04. The molecule has 0 heterocycles. The van der Waals surface area contributed by atoms with Crippen LogP contribution < -0.4 is 18.9 Å². The van der Waals surface area contributed by atoms with E-state index in [1.54, 1.807) is 52.7 Å². The molecule has 0 spiro atoms. The van der Waals surface area contributed by atoms with Crippen LogP contribution in [-0.2, 0) is 0 Å². The smallest absolute Gasteiger partial charge is 0.126 e. The van der Waals surface area contributed by atoms with Crippen molar-refractivity contribution in [2.45, 2.75) is 44.4 Å². The summed E-state index contributed by atoms with van der Waals surface area (Å²) in [6, 6.07) is 14.0. The van der Waals surface area contributed by atoms with E-state index in [1.165, 1.54) is 0 Å². The Morgan fingerprint density at radius 2 is 0.711 bits per heavy atom. The van der Waals surface area contributed by atoms with Crippen LogP contribution in [0, 0.1) is 0 Å². The van der Waals surface area contributed by atoms with Gasteiger partial charge in [-0.3, -0.25) is 0 Å². The van der Waals surface area contributed by atoms with Gasteiger partial charge in [-0.15, -0.1) is 9.24 Å². The van der Waals surface area contributed by atoms with Crippen molar-refractivity contribution in [2.75, 3.05) is 34.6 Å². The topological polar surface area (TPSA) is 118 Å². The molecule has 1 aliphatic rings. The Balaban J connectivity index is 1.93. The van der Waals surface area contributed by atoms with E-state index in [0.29, 0.717) is 51.4 Å². The van der Waals surface area contributed by atoms with Crippen LogP contribution in [0.15, 0.2) is 48.5 Å². The second kappa shape index (κ2) is 12.6. The average molecular weight is 633 g/mol. The highest BCUT2D eigenvalue weighted by atomic mass is 31.0. The van der Waals surface area contributed by atoms with Crippen LogP contribution in [0.1, 0.15) is 89.0 Å². The lowest BCUT2D eigenvalue weighted by Gasteiger charge is -2.27. The highest BCUT2D eigenvalue weighted by Crippen LogP contribution is 2.50. The van der Waals surface area contributed by atoms with Crippen molar-refractivity contribution in [1.82, 2.24) is 0 Å². The molecule has 4 aromatic rings. The molecule has 0 aliphatic heterocycles. The summed E-state index contributed by atoms with van der Waals surface area (Å²) in [7, 11) is 8.95. The summed E-state index contributed by atoms with van der Waals surface area (Å²) < 4.78 is 23.0. The number of methoxy groups -OCH3 is 4. The number of phenols is 4. The number of ether oxygens (including phenoxy) is 4. The lowest BCUT2D eigenvalue weighted by molar-refractivity contribution is 0.392. The summed E-state index contributed by atoms with van der Waals surface area (Å²) in [6.07, 6.45) is 0.533. The molecule has 5 atom stereocenters. The van der Waals surface area contributed by atoms with Gasteiger partial charge in [0.1, 0.15) is 46.0 Å². The summed E-state index contributed by atoms with van der Waals surface area (Å²) in [5, 5.41) is 45.2. The molecule has 0 fully saturated rings. The standard InChI is InChI=1S/C36H41O8P/c1-17-20-8-24(34(42-5)12-29(20)37)19(3)22-10-27(36(44-7)14-31(22)39)28(16-45)26-11-25(35(43-6)15-32(26)40)18(2)21-9-23(17)33(41-4)13-30(21)38/h8-15,17-19,28,37-40H,16,45H2,1-7H3. The van der Waals surface area contributed by atoms with E-state index in [2.05, 4.69) is 9.24 Å². The Labute approximate surface area is 266 Å². The molecule has 238 valence electrons. The van der Waals surface area contributed by atoms with E-state index in [0.717, 1.165) is 22.3 Å². The Hall–Kier alpha value is -4.29. The van der Waals surface area contributed by atoms with Gasteiger partial charge in [0, 0.05) is 92.4 Å². The second-order valence-corrected chi connectivity index (χ2v) is 12.0. The minimum atomic E-state index is -0.369. The van der Waals surface area contributed by atoms with Crippen molar-refractivity contribution >= 4 is 9.24 Å². The van der Waals surface area contributed by atoms with Crippen LogP contribution >= 0.6 is 9.24 Å². The number of benzene rings is 4. The number of fused-ring (bicyclic) bond motifs is 8. The lowest BCUT2D eigenvalue weighted by atomic mass is 9.80. The highest BCUT2D eigenvalue weighted by Gasteiger charge is 2.30. The minimum absolute atomic E-state index is 0.0497. The van der Waals surface area contributed by atoms with Gasteiger partial charge in [0.05, 0.1) is 28.4 Å². The van der Waals surface area contributed by atoms with Crippen LogP contribution in [-0.4, -0.2) is 55.0 Å². The molecular formula is C36H41O8P. The molecule has 8 nitrogen and oxygen atoms in total. The summed E-state index contributed by atoms with van der Waals surface area (Å²) in [4.78, 5) is 0. The lowest BCUT2D eigenvalue weighted by Crippen LogP contribution is -2.11. The fourth-order valence-corrected chi connectivity index (χ4v) is 7.16. The van der Waals surface area contributed by atoms with Crippen LogP contribution in [0.25, 0.3) is 0 Å². The zero-order chi connectivity index (χ0) is 32.7. The van der Waals surface area contributed by atoms with Gasteiger partial charge >= 0.3 is 0 Å². The first-order valence-electron chi connectivity index (χ1n) is 14.8. The zero-order valence-corrected chi connectivity index (χ0v) is 27.8. The molecular weight excluding hydrogens is 591 g/mol. The third-order valence-electron chi connectivity index (χ3n) is 9.30. The Kier molecular flexibility index (Phi) is 8.99. The Bertz CT molecular complexity index is 1750. The second-order valence-electron chi connectivity index (χ2n) is 11.6. The molecule has 0 saturated heterocycles. The van der Waals surface area contributed by atoms with Crippen LogP contribution in [0.2, 0.25) is 0 Å². The minimum Gasteiger partial charge on any atom is -0.508 e. The van der Waals surface area contributed by atoms with Gasteiger partial charge in [-0.25, -0.2) is 0 Å². The van der Waals surface area contributed by atoms with Crippen molar-refractivity contribution in [3.05, 3.63) is 93.0 Å². The quantitative estimate of drug-likeness (QED) is 0.169. The monoisotopic (exact) mass is 632 g/mol. The van der Waals surface area contributed by atoms with Gasteiger partial charge < -0.3 is 39.4 Å². The largest absolute Gasteiger partial charge is 0.508 e. The van der Waals surface area contributed by atoms with Crippen LogP contribution in [0.3, 0.4) is 0 Å². The van der Waals surface area contributed by atoms with E-state index in [4.69, 9.17) is 18.9 Å². The summed E-state index contributed by atoms with van der Waals surface area (Å²) in [5.74, 6) is 0.650. The molecule has 0 amide bonds. The maximum atomic E-state index is 11.4. The molecule has 4 aromatic carbocycles. The molecule has 0 saturated carbocycles. The molecule has 9 heteroatoms. The number of hydrogen-bond acceptors (Lipinski definition) is 8. The van der Waals surface area contributed by atoms with Gasteiger partial charge in [0.15, 0.2) is 0 Å². The SMILES string of the molecule is COc1cc(O)c2cc1C(C)c1cc(c(OC)cc1O)C(C)c1cc(c(OC)cc1O)C(CP)c1cc(c(OC)cc1O)C2C. The van der Waals surface area contributed by atoms with Gasteiger partial charge in [0.25, 0.3) is 0 Å². The molecule has 5 unspecified atom stereocenters. The van der Waals surface area contributed by atoms with Gasteiger partial charge in [-0.05, 0) is 30.4 Å². The van der Waals surface area contributed by atoms with Crippen LogP contribution in [0.4, 0.5) is 0 Å². The maximum absolute atomic E-state index is 11.4. The van der Waals surface area contributed by atoms with Crippen molar-refractivity contribution in [2.24, 2.45) is 0 Å². The van der Waals surface area contributed by atoms with Crippen molar-refractivity contribution in [3.63, 3.8) is 0 Å². The third kappa shape index (κ3) is 5.46. The first kappa shape index (κ1) is 32.1. The van der Waals surface area contributed by atoms with Gasteiger partial charge in [0.2, 0.25) is 0 Å². The van der Waals surface area contributed by atoms with E-state index in [9.17, 15) is 20.4 Å². The molecule has 8 bridgehead atoms. The zero-order valence-electron chi connectivity index (χ0n) is 26.6. The summed E-state index contributed by atoms with van der Waals surface area (Å²) in [5.41, 5.74) is 5.61. The molecule has 5 rings (SSSR count). The molecule has 4 N–H and O–H groups in total. The number of aromatic hydroxyl groups is 4. The Morgan fingerprint density at radius 1 is 0.444 bits per heavy atom. The molecule has 0 radical (unpaired) electrons. The van der Waals surface area contributed by atoms with Gasteiger partial charge in [-0.2, -0.15) is 0 Å². The van der Waals surface area contributed by atoms with E-state index in [1.807, 2.05) is 45.0 Å². The molecule has 1 aliphatic carbocycles. The third-order valence-corrected chi connectivity index (χ3v) is 9.77. The predicted octanol–water partition coefficient (Wildman–Crippen LogP) is 7.32. The number of hydrogen-bond donors (Lipinski definition) is 4. The van der Waals surface area contributed by atoms with Crippen molar-refractivity contribution in [1.29, 1.82) is 0 Å². The van der Waals surface area contributed by atoms with Crippen LogP contribution in [0.5, 0.6) is 46.0 Å². The molecule has 0 aromatic heterocycles. The predicted molar refractivity (Wildman–Crippen MR) is 178 cm³/mol. The molecule has 45 heavy (non-hydrogen) atoms. The summed E-state index contributed by atoms with van der Waals surface area (Å²) >= 11 is 0. The number of phenolic OH excluding ortho intramolecular Hbond substituents is 4. The fourth-order valence-electron chi connectivity index (χ4n) is 6.65. The highest BCUT2D eigenvalue weighted by molar-refractivity contribution is 7.16. The van der Waals surface area contributed by atoms with E-state index >= 15 is 0 Å². The Morgan fingerprint density at radius 3 is 1.02 bits per heavy atom. The summed E-state index contributed by atoms with van der Waals surface area (Å²) in [6.45, 7) is 5.91. The maximum Gasteiger partial charge on any atom is 0.126 e. The first-order chi connectivity index (χ1) is 21.5. The van der Waals surface area contributed by atoms with Gasteiger partial charge in [-0.1, -0.05) is 20.8 Å². The van der Waals surface area contributed by atoms with E-state index < -0.39 is 0 Å². The fraction of sp³-hybridized carbons (Fsp3) is 0.333. The van der Waals surface area contributed by atoms with E-state index in [-0.39, 0.29) is 46.7 Å².